The van der Waals surface area contributed by atoms with Crippen LogP contribution in [-0.4, -0.2) is 60.2 Å². The van der Waals surface area contributed by atoms with E-state index in [0.29, 0.717) is 32.3 Å². The van der Waals surface area contributed by atoms with Gasteiger partial charge >= 0.3 is 11.9 Å². The van der Waals surface area contributed by atoms with Gasteiger partial charge in [-0.2, -0.15) is 0 Å². The molecule has 2 heterocycles. The molecule has 184 valence electrons. The molecule has 2 unspecified atom stereocenters. The molecule has 2 saturated carbocycles. The van der Waals surface area contributed by atoms with Crippen LogP contribution in [0.25, 0.3) is 0 Å². The van der Waals surface area contributed by atoms with Gasteiger partial charge in [-0.15, -0.1) is 0 Å². The monoisotopic (exact) mass is 456 g/mol. The van der Waals surface area contributed by atoms with Crippen LogP contribution in [0.1, 0.15) is 89.9 Å². The average molecular weight is 457 g/mol. The number of aliphatic hydroxyl groups excluding tert-OH is 1. The molecule has 8 nitrogen and oxygen atoms in total. The Hall–Kier alpha value is -1.22. The second kappa shape index (κ2) is 13.5. The van der Waals surface area contributed by atoms with Gasteiger partial charge in [0.15, 0.2) is 6.29 Å². The lowest BCUT2D eigenvalue weighted by Gasteiger charge is -2.32. The van der Waals surface area contributed by atoms with Crippen molar-refractivity contribution in [1.82, 2.24) is 0 Å². The topological polar surface area (TPSA) is 112 Å². The van der Waals surface area contributed by atoms with Gasteiger partial charge in [-0.05, 0) is 83.5 Å². The highest BCUT2D eigenvalue weighted by atomic mass is 16.7. The highest BCUT2D eigenvalue weighted by Crippen LogP contribution is 2.30. The van der Waals surface area contributed by atoms with E-state index < -0.39 is 5.97 Å². The summed E-state index contributed by atoms with van der Waals surface area (Å²) in [6.07, 6.45) is 12.1. The number of aliphatic hydroxyl groups is 1. The van der Waals surface area contributed by atoms with Gasteiger partial charge in [0.25, 0.3) is 0 Å². The first-order valence-electron chi connectivity index (χ1n) is 12.5. The van der Waals surface area contributed by atoms with Gasteiger partial charge in [-0.1, -0.05) is 0 Å². The van der Waals surface area contributed by atoms with Crippen molar-refractivity contribution in [2.45, 2.75) is 115 Å². The van der Waals surface area contributed by atoms with Gasteiger partial charge in [0, 0.05) is 13.0 Å². The molecule has 4 rings (SSSR count). The Balaban J connectivity index is 0.000000243. The van der Waals surface area contributed by atoms with Crippen LogP contribution in [0.2, 0.25) is 0 Å². The van der Waals surface area contributed by atoms with Gasteiger partial charge in [-0.3, -0.25) is 9.59 Å². The van der Waals surface area contributed by atoms with Gasteiger partial charge in [0.05, 0.1) is 30.7 Å². The Morgan fingerprint density at radius 2 is 1.25 bits per heavy atom. The highest BCUT2D eigenvalue weighted by molar-refractivity contribution is 5.72. The SMILES string of the molecule is O=C(O)C1CCC(O)CC1.O=C(OC1CCCCO1)C1CCC(OC2CCCCO2)CC1. The van der Waals surface area contributed by atoms with Gasteiger partial charge in [-0.25, -0.2) is 0 Å². The number of rotatable bonds is 5. The first-order valence-corrected chi connectivity index (χ1v) is 12.5. The maximum Gasteiger partial charge on any atom is 0.311 e. The van der Waals surface area contributed by atoms with Crippen LogP contribution in [-0.2, 0) is 28.5 Å². The summed E-state index contributed by atoms with van der Waals surface area (Å²) < 4.78 is 22.6. The van der Waals surface area contributed by atoms with Crippen LogP contribution < -0.4 is 0 Å². The third kappa shape index (κ3) is 8.61. The van der Waals surface area contributed by atoms with Crippen molar-refractivity contribution in [3.63, 3.8) is 0 Å². The van der Waals surface area contributed by atoms with Crippen molar-refractivity contribution in [1.29, 1.82) is 0 Å². The molecular formula is C24H40O8. The number of carboxylic acid groups (broad SMARTS) is 1. The lowest BCUT2D eigenvalue weighted by Crippen LogP contribution is -2.34. The minimum atomic E-state index is -0.716. The maximum absolute atomic E-state index is 12.2. The zero-order valence-electron chi connectivity index (χ0n) is 19.1. The molecule has 0 aromatic carbocycles. The van der Waals surface area contributed by atoms with Crippen molar-refractivity contribution in [3.05, 3.63) is 0 Å². The number of carbonyl (C=O) groups is 2. The summed E-state index contributed by atoms with van der Waals surface area (Å²) >= 11 is 0. The molecule has 2 aliphatic heterocycles. The average Bonchev–Trinajstić information content (AvgIpc) is 2.81. The summed E-state index contributed by atoms with van der Waals surface area (Å²) in [5.74, 6) is -0.993. The second-order valence-corrected chi connectivity index (χ2v) is 9.48. The van der Waals surface area contributed by atoms with Gasteiger partial charge in [0.1, 0.15) is 0 Å². The first kappa shape index (κ1) is 25.4. The third-order valence-electron chi connectivity index (χ3n) is 6.92. The third-order valence-corrected chi connectivity index (χ3v) is 6.92. The van der Waals surface area contributed by atoms with Crippen LogP contribution in [0.5, 0.6) is 0 Å². The van der Waals surface area contributed by atoms with E-state index in [9.17, 15) is 9.59 Å². The summed E-state index contributed by atoms with van der Waals surface area (Å²) in [7, 11) is 0. The van der Waals surface area contributed by atoms with Crippen LogP contribution in [0.15, 0.2) is 0 Å². The number of carboxylic acids is 1. The molecule has 0 bridgehead atoms. The normalized spacial score (nSPS) is 35.8. The van der Waals surface area contributed by atoms with Crippen molar-refractivity contribution in [3.8, 4) is 0 Å². The van der Waals surface area contributed by atoms with E-state index in [0.717, 1.165) is 64.4 Å². The summed E-state index contributed by atoms with van der Waals surface area (Å²) in [6, 6.07) is 0. The fourth-order valence-corrected chi connectivity index (χ4v) is 4.82. The number of esters is 1. The van der Waals surface area contributed by atoms with E-state index in [4.69, 9.17) is 29.2 Å². The quantitative estimate of drug-likeness (QED) is 0.601. The molecular weight excluding hydrogens is 416 g/mol. The highest BCUT2D eigenvalue weighted by Gasteiger charge is 2.31. The number of hydrogen-bond donors (Lipinski definition) is 2. The zero-order valence-corrected chi connectivity index (χ0v) is 19.1. The van der Waals surface area contributed by atoms with Crippen LogP contribution in [0.4, 0.5) is 0 Å². The molecule has 2 aliphatic carbocycles. The van der Waals surface area contributed by atoms with E-state index in [-0.39, 0.29) is 42.6 Å². The molecule has 8 heteroatoms. The maximum atomic E-state index is 12.2. The first-order chi connectivity index (χ1) is 15.5. The molecule has 32 heavy (non-hydrogen) atoms. The number of hydrogen-bond acceptors (Lipinski definition) is 7. The van der Waals surface area contributed by atoms with Crippen molar-refractivity contribution in [2.24, 2.45) is 11.8 Å². The lowest BCUT2D eigenvalue weighted by atomic mass is 9.87. The number of ether oxygens (including phenoxy) is 4. The van der Waals surface area contributed by atoms with Crippen LogP contribution in [0.3, 0.4) is 0 Å². The summed E-state index contributed by atoms with van der Waals surface area (Å²) in [6.45, 7) is 1.52. The van der Waals surface area contributed by atoms with E-state index in [1.165, 1.54) is 6.42 Å². The Morgan fingerprint density at radius 1 is 0.688 bits per heavy atom. The Kier molecular flexibility index (Phi) is 10.7. The lowest BCUT2D eigenvalue weighted by molar-refractivity contribution is -0.201. The van der Waals surface area contributed by atoms with Gasteiger partial charge in [0.2, 0.25) is 6.29 Å². The van der Waals surface area contributed by atoms with Crippen LogP contribution in [0, 0.1) is 11.8 Å². The van der Waals surface area contributed by atoms with Crippen molar-refractivity contribution in [2.75, 3.05) is 13.2 Å². The molecule has 0 spiro atoms. The molecule has 4 fully saturated rings. The summed E-state index contributed by atoms with van der Waals surface area (Å²) in [5, 5.41) is 17.6. The fraction of sp³-hybridized carbons (Fsp3) is 0.917. The Labute approximate surface area is 190 Å². The number of aliphatic carboxylic acids is 1. The molecule has 2 atom stereocenters. The van der Waals surface area contributed by atoms with E-state index in [1.807, 2.05) is 0 Å². The van der Waals surface area contributed by atoms with E-state index in [1.54, 1.807) is 0 Å². The molecule has 0 radical (unpaired) electrons. The Morgan fingerprint density at radius 3 is 1.78 bits per heavy atom. The van der Waals surface area contributed by atoms with Crippen molar-refractivity contribution >= 4 is 11.9 Å². The molecule has 2 N–H and O–H groups in total. The second-order valence-electron chi connectivity index (χ2n) is 9.48. The zero-order chi connectivity index (χ0) is 22.8. The van der Waals surface area contributed by atoms with E-state index >= 15 is 0 Å². The smallest absolute Gasteiger partial charge is 0.311 e. The van der Waals surface area contributed by atoms with Crippen LogP contribution >= 0.6 is 0 Å². The van der Waals surface area contributed by atoms with Crippen molar-refractivity contribution < 1.29 is 38.7 Å². The predicted octanol–water partition coefficient (Wildman–Crippen LogP) is 3.78. The minimum Gasteiger partial charge on any atom is -0.481 e. The molecule has 0 aromatic rings. The van der Waals surface area contributed by atoms with Gasteiger partial charge < -0.3 is 29.2 Å². The predicted molar refractivity (Wildman–Crippen MR) is 116 cm³/mol. The number of carbonyl (C=O) groups excluding carboxylic acids is 1. The minimum absolute atomic E-state index is 0.0117. The van der Waals surface area contributed by atoms with E-state index in [2.05, 4.69) is 0 Å². The summed E-state index contributed by atoms with van der Waals surface area (Å²) in [5.41, 5.74) is 0. The summed E-state index contributed by atoms with van der Waals surface area (Å²) in [4.78, 5) is 22.6. The molecule has 0 amide bonds. The molecule has 0 aromatic heterocycles. The fourth-order valence-electron chi connectivity index (χ4n) is 4.82. The molecule has 4 aliphatic rings. The largest absolute Gasteiger partial charge is 0.481 e. The standard InChI is InChI=1S/C17H28O5.C7H12O3/c18-17(22-16-6-2-4-12-20-16)13-7-9-14(10-8-13)21-15-5-1-3-11-19-15;8-6-3-1-5(2-4-6)7(9)10/h13-16H,1-12H2;5-6,8H,1-4H2,(H,9,10). The molecule has 2 saturated heterocycles. The Bertz CT molecular complexity index is 554.